The molecule has 0 saturated heterocycles. The van der Waals surface area contributed by atoms with Gasteiger partial charge in [0.2, 0.25) is 0 Å². The van der Waals surface area contributed by atoms with Crippen LogP contribution >= 0.6 is 27.5 Å². The third-order valence-corrected chi connectivity index (χ3v) is 4.00. The Bertz CT molecular complexity index is 639. The molecule has 0 amide bonds. The van der Waals surface area contributed by atoms with Crippen molar-refractivity contribution >= 4 is 44.4 Å². The number of aliphatic hydroxyl groups excluding tert-OH is 1. The average Bonchev–Trinajstić information content (AvgIpc) is 2.81. The molecule has 4 nitrogen and oxygen atoms in total. The number of aromatic nitrogens is 1. The van der Waals surface area contributed by atoms with Gasteiger partial charge in [0, 0.05) is 16.5 Å². The molecule has 0 bridgehead atoms. The zero-order valence-electron chi connectivity index (χ0n) is 11.0. The molecule has 1 heterocycles. The van der Waals surface area contributed by atoms with Gasteiger partial charge in [0.05, 0.1) is 17.1 Å². The van der Waals surface area contributed by atoms with E-state index in [1.165, 1.54) is 0 Å². The molecule has 20 heavy (non-hydrogen) atoms. The van der Waals surface area contributed by atoms with Crippen LogP contribution in [-0.4, -0.2) is 29.3 Å². The lowest BCUT2D eigenvalue weighted by atomic mass is 10.1. The van der Waals surface area contributed by atoms with Crippen LogP contribution in [0.5, 0.6) is 0 Å². The first-order valence-electron chi connectivity index (χ1n) is 6.36. The zero-order valence-corrected chi connectivity index (χ0v) is 13.3. The molecule has 0 aliphatic rings. The lowest BCUT2D eigenvalue weighted by molar-refractivity contribution is 0.0519. The first-order chi connectivity index (χ1) is 9.60. The molecule has 0 fully saturated rings. The minimum absolute atomic E-state index is 0.0561. The van der Waals surface area contributed by atoms with E-state index in [0.717, 1.165) is 20.9 Å². The zero-order chi connectivity index (χ0) is 14.7. The molecule has 2 rings (SSSR count). The first kappa shape index (κ1) is 15.4. The van der Waals surface area contributed by atoms with Crippen molar-refractivity contribution in [1.29, 1.82) is 0 Å². The SMILES string of the molecule is CCOC(=O)c1[nH]c2c(Br)ccc(Cl)c2c1CCCO. The number of hydrogen-bond donors (Lipinski definition) is 2. The molecular formula is C14H15BrClNO3. The van der Waals surface area contributed by atoms with Gasteiger partial charge in [0.1, 0.15) is 5.69 Å². The minimum atomic E-state index is -0.403. The van der Waals surface area contributed by atoms with Crippen LogP contribution in [0, 0.1) is 0 Å². The highest BCUT2D eigenvalue weighted by molar-refractivity contribution is 9.10. The number of ether oxygens (including phenoxy) is 1. The topological polar surface area (TPSA) is 62.3 Å². The summed E-state index contributed by atoms with van der Waals surface area (Å²) >= 11 is 9.70. The van der Waals surface area contributed by atoms with Gasteiger partial charge in [-0.3, -0.25) is 0 Å². The van der Waals surface area contributed by atoms with E-state index < -0.39 is 5.97 Å². The third kappa shape index (κ3) is 2.85. The fourth-order valence-corrected chi connectivity index (χ4v) is 2.88. The predicted octanol–water partition coefficient (Wildman–Crippen LogP) is 3.69. The highest BCUT2D eigenvalue weighted by Crippen LogP contribution is 2.35. The predicted molar refractivity (Wildman–Crippen MR) is 82.4 cm³/mol. The van der Waals surface area contributed by atoms with Crippen LogP contribution in [0.3, 0.4) is 0 Å². The van der Waals surface area contributed by atoms with Crippen molar-refractivity contribution in [1.82, 2.24) is 4.98 Å². The maximum absolute atomic E-state index is 12.0. The number of halogens is 2. The van der Waals surface area contributed by atoms with Crippen molar-refractivity contribution in [3.63, 3.8) is 0 Å². The number of nitrogens with one attached hydrogen (secondary N) is 1. The summed E-state index contributed by atoms with van der Waals surface area (Å²) in [7, 11) is 0. The molecule has 2 aromatic rings. The molecule has 108 valence electrons. The first-order valence-corrected chi connectivity index (χ1v) is 7.53. The van der Waals surface area contributed by atoms with Crippen molar-refractivity contribution in [2.24, 2.45) is 0 Å². The number of hydrogen-bond acceptors (Lipinski definition) is 3. The quantitative estimate of drug-likeness (QED) is 0.800. The van der Waals surface area contributed by atoms with Crippen LogP contribution in [0.4, 0.5) is 0 Å². The smallest absolute Gasteiger partial charge is 0.355 e. The second-order valence-corrected chi connectivity index (χ2v) is 5.57. The number of benzene rings is 1. The minimum Gasteiger partial charge on any atom is -0.461 e. The summed E-state index contributed by atoms with van der Waals surface area (Å²) in [5.74, 6) is -0.403. The number of H-pyrrole nitrogens is 1. The molecule has 0 aliphatic heterocycles. The van der Waals surface area contributed by atoms with Crippen LogP contribution in [0.1, 0.15) is 29.4 Å². The maximum Gasteiger partial charge on any atom is 0.355 e. The number of carbonyl (C=O) groups excluding carboxylic acids is 1. The van der Waals surface area contributed by atoms with Crippen LogP contribution in [-0.2, 0) is 11.2 Å². The van der Waals surface area contributed by atoms with Crippen LogP contribution in [0.15, 0.2) is 16.6 Å². The van der Waals surface area contributed by atoms with Gasteiger partial charge in [-0.1, -0.05) is 11.6 Å². The lowest BCUT2D eigenvalue weighted by Gasteiger charge is -2.04. The summed E-state index contributed by atoms with van der Waals surface area (Å²) in [5, 5.41) is 10.4. The Morgan fingerprint density at radius 2 is 2.25 bits per heavy atom. The number of fused-ring (bicyclic) bond motifs is 1. The molecule has 0 radical (unpaired) electrons. The van der Waals surface area contributed by atoms with Gasteiger partial charge in [-0.15, -0.1) is 0 Å². The molecule has 0 unspecified atom stereocenters. The van der Waals surface area contributed by atoms with Crippen molar-refractivity contribution in [3.8, 4) is 0 Å². The number of rotatable bonds is 5. The van der Waals surface area contributed by atoms with E-state index in [-0.39, 0.29) is 6.61 Å². The second kappa shape index (κ2) is 6.61. The van der Waals surface area contributed by atoms with Gasteiger partial charge in [-0.2, -0.15) is 0 Å². The number of aliphatic hydroxyl groups is 1. The van der Waals surface area contributed by atoms with Crippen molar-refractivity contribution < 1.29 is 14.6 Å². The molecule has 2 N–H and O–H groups in total. The lowest BCUT2D eigenvalue weighted by Crippen LogP contribution is -2.08. The normalized spacial score (nSPS) is 11.0. The van der Waals surface area contributed by atoms with E-state index in [9.17, 15) is 4.79 Å². The molecule has 0 atom stereocenters. The molecule has 1 aromatic carbocycles. The van der Waals surface area contributed by atoms with Crippen LogP contribution < -0.4 is 0 Å². The summed E-state index contributed by atoms with van der Waals surface area (Å²) in [4.78, 5) is 15.1. The molecule has 1 aromatic heterocycles. The number of aromatic amines is 1. The van der Waals surface area contributed by atoms with E-state index in [1.54, 1.807) is 13.0 Å². The highest BCUT2D eigenvalue weighted by atomic mass is 79.9. The number of carbonyl (C=O) groups is 1. The molecule has 6 heteroatoms. The Hall–Kier alpha value is -1.04. The monoisotopic (exact) mass is 359 g/mol. The Morgan fingerprint density at radius 3 is 2.90 bits per heavy atom. The maximum atomic E-state index is 12.0. The molecule has 0 aliphatic carbocycles. The third-order valence-electron chi connectivity index (χ3n) is 3.02. The highest BCUT2D eigenvalue weighted by Gasteiger charge is 2.21. The van der Waals surface area contributed by atoms with E-state index in [0.29, 0.717) is 30.2 Å². The second-order valence-electron chi connectivity index (χ2n) is 4.31. The largest absolute Gasteiger partial charge is 0.461 e. The van der Waals surface area contributed by atoms with E-state index in [1.807, 2.05) is 6.07 Å². The van der Waals surface area contributed by atoms with Crippen LogP contribution in [0.2, 0.25) is 5.02 Å². The average molecular weight is 361 g/mol. The molecule has 0 spiro atoms. The van der Waals surface area contributed by atoms with E-state index >= 15 is 0 Å². The van der Waals surface area contributed by atoms with Gasteiger partial charge >= 0.3 is 5.97 Å². The van der Waals surface area contributed by atoms with Crippen molar-refractivity contribution in [2.45, 2.75) is 19.8 Å². The standard InChI is InChI=1S/C14H15BrClNO3/c1-2-20-14(19)12-8(4-3-7-18)11-10(16)6-5-9(15)13(11)17-12/h5-6,17-18H,2-4,7H2,1H3. The summed E-state index contributed by atoms with van der Waals surface area (Å²) < 4.78 is 5.90. The molecular weight excluding hydrogens is 346 g/mol. The van der Waals surface area contributed by atoms with Gasteiger partial charge in [0.15, 0.2) is 0 Å². The summed E-state index contributed by atoms with van der Waals surface area (Å²) in [5.41, 5.74) is 1.97. The summed E-state index contributed by atoms with van der Waals surface area (Å²) in [6.07, 6.45) is 1.11. The Kier molecular flexibility index (Phi) is 5.07. The van der Waals surface area contributed by atoms with Gasteiger partial charge in [-0.25, -0.2) is 4.79 Å². The van der Waals surface area contributed by atoms with Gasteiger partial charge in [-0.05, 0) is 53.4 Å². The van der Waals surface area contributed by atoms with Crippen molar-refractivity contribution in [2.75, 3.05) is 13.2 Å². The Morgan fingerprint density at radius 1 is 1.50 bits per heavy atom. The van der Waals surface area contributed by atoms with Gasteiger partial charge in [0.25, 0.3) is 0 Å². The fraction of sp³-hybridized carbons (Fsp3) is 0.357. The van der Waals surface area contributed by atoms with E-state index in [2.05, 4.69) is 20.9 Å². The van der Waals surface area contributed by atoms with Crippen LogP contribution in [0.25, 0.3) is 10.9 Å². The van der Waals surface area contributed by atoms with E-state index in [4.69, 9.17) is 21.4 Å². The fourth-order valence-electron chi connectivity index (χ4n) is 2.18. The summed E-state index contributed by atoms with van der Waals surface area (Å²) in [6, 6.07) is 3.60. The van der Waals surface area contributed by atoms with Crippen molar-refractivity contribution in [3.05, 3.63) is 32.9 Å². The van der Waals surface area contributed by atoms with Gasteiger partial charge < -0.3 is 14.8 Å². The Balaban J connectivity index is 2.63. The Labute approximate surface area is 130 Å². The molecule has 0 saturated carbocycles. The summed E-state index contributed by atoms with van der Waals surface area (Å²) in [6.45, 7) is 2.12. The number of esters is 1. The number of aryl methyl sites for hydroxylation is 1.